The van der Waals surface area contributed by atoms with Gasteiger partial charge in [-0.3, -0.25) is 9.78 Å². The number of carbonyl (C=O) groups excluding carboxylic acids is 1. The van der Waals surface area contributed by atoms with Gasteiger partial charge in [-0.25, -0.2) is 0 Å². The molecule has 2 heterocycles. The van der Waals surface area contributed by atoms with Crippen molar-refractivity contribution in [2.45, 2.75) is 19.4 Å². The summed E-state index contributed by atoms with van der Waals surface area (Å²) in [6.07, 6.45) is 2.35. The van der Waals surface area contributed by atoms with Crippen LogP contribution in [-0.4, -0.2) is 21.1 Å². The lowest BCUT2D eigenvalue weighted by Gasteiger charge is -2.03. The molecule has 122 valence electrons. The van der Waals surface area contributed by atoms with Gasteiger partial charge < -0.3 is 9.73 Å². The Morgan fingerprint density at radius 3 is 2.71 bits per heavy atom. The third kappa shape index (κ3) is 4.39. The Morgan fingerprint density at radius 2 is 1.96 bits per heavy atom. The molecule has 0 saturated carbocycles. The quantitative estimate of drug-likeness (QED) is 0.744. The summed E-state index contributed by atoms with van der Waals surface area (Å²) in [5.74, 6) is 0.746. The summed E-state index contributed by atoms with van der Waals surface area (Å²) in [7, 11) is 0. The van der Waals surface area contributed by atoms with Crippen LogP contribution in [0.25, 0.3) is 11.5 Å². The van der Waals surface area contributed by atoms with Crippen molar-refractivity contribution >= 4 is 17.5 Å². The molecule has 6 nitrogen and oxygen atoms in total. The molecule has 1 amide bonds. The topological polar surface area (TPSA) is 80.9 Å². The monoisotopic (exact) mass is 342 g/mol. The van der Waals surface area contributed by atoms with Gasteiger partial charge in [0, 0.05) is 29.6 Å². The first kappa shape index (κ1) is 16.1. The highest BCUT2D eigenvalue weighted by Gasteiger charge is 2.10. The van der Waals surface area contributed by atoms with Crippen LogP contribution < -0.4 is 5.32 Å². The summed E-state index contributed by atoms with van der Waals surface area (Å²) >= 11 is 5.85. The van der Waals surface area contributed by atoms with Crippen LogP contribution in [0.3, 0.4) is 0 Å². The maximum absolute atomic E-state index is 11.9. The molecule has 0 aliphatic carbocycles. The molecule has 0 bridgehead atoms. The van der Waals surface area contributed by atoms with Crippen LogP contribution in [0.4, 0.5) is 0 Å². The lowest BCUT2D eigenvalue weighted by atomic mass is 10.2. The van der Waals surface area contributed by atoms with E-state index in [0.29, 0.717) is 29.8 Å². The SMILES string of the molecule is O=C(CCc1nnc(-c2ccc(Cl)cc2)o1)NCc1ccccn1. The van der Waals surface area contributed by atoms with E-state index in [2.05, 4.69) is 20.5 Å². The molecule has 0 unspecified atom stereocenters. The van der Waals surface area contributed by atoms with E-state index in [9.17, 15) is 4.79 Å². The van der Waals surface area contributed by atoms with Crippen LogP contribution in [0.2, 0.25) is 5.02 Å². The number of carbonyl (C=O) groups is 1. The number of halogens is 1. The summed E-state index contributed by atoms with van der Waals surface area (Å²) in [5, 5.41) is 11.4. The van der Waals surface area contributed by atoms with Crippen LogP contribution in [0.15, 0.2) is 53.1 Å². The summed E-state index contributed by atoms with van der Waals surface area (Å²) in [4.78, 5) is 16.0. The first-order valence-electron chi connectivity index (χ1n) is 7.45. The van der Waals surface area contributed by atoms with Crippen LogP contribution >= 0.6 is 11.6 Å². The minimum Gasteiger partial charge on any atom is -0.421 e. The molecule has 1 N–H and O–H groups in total. The molecular formula is C17H15ClN4O2. The number of hydrogen-bond acceptors (Lipinski definition) is 5. The largest absolute Gasteiger partial charge is 0.421 e. The van der Waals surface area contributed by atoms with Crippen LogP contribution in [-0.2, 0) is 17.8 Å². The number of amides is 1. The highest BCUT2D eigenvalue weighted by atomic mass is 35.5. The van der Waals surface area contributed by atoms with E-state index in [0.717, 1.165) is 11.3 Å². The predicted octanol–water partition coefficient (Wildman–Crippen LogP) is 3.03. The number of pyridine rings is 1. The maximum atomic E-state index is 11.9. The number of rotatable bonds is 6. The molecule has 0 atom stereocenters. The van der Waals surface area contributed by atoms with Crippen molar-refractivity contribution in [3.8, 4) is 11.5 Å². The fourth-order valence-electron chi connectivity index (χ4n) is 2.06. The highest BCUT2D eigenvalue weighted by Crippen LogP contribution is 2.20. The van der Waals surface area contributed by atoms with E-state index in [4.69, 9.17) is 16.0 Å². The first-order chi connectivity index (χ1) is 11.7. The molecule has 24 heavy (non-hydrogen) atoms. The highest BCUT2D eigenvalue weighted by molar-refractivity contribution is 6.30. The molecule has 0 saturated heterocycles. The molecule has 3 rings (SSSR count). The van der Waals surface area contributed by atoms with E-state index >= 15 is 0 Å². The van der Waals surface area contributed by atoms with Crippen LogP contribution in [0.5, 0.6) is 0 Å². The molecule has 1 aromatic carbocycles. The Hall–Kier alpha value is -2.73. The van der Waals surface area contributed by atoms with Gasteiger partial charge in [0.25, 0.3) is 0 Å². The zero-order valence-corrected chi connectivity index (χ0v) is 13.5. The van der Waals surface area contributed by atoms with Crippen molar-refractivity contribution in [1.29, 1.82) is 0 Å². The Morgan fingerprint density at radius 1 is 1.12 bits per heavy atom. The molecule has 3 aromatic rings. The molecule has 0 fully saturated rings. The first-order valence-corrected chi connectivity index (χ1v) is 7.83. The maximum Gasteiger partial charge on any atom is 0.247 e. The minimum atomic E-state index is -0.0908. The van der Waals surface area contributed by atoms with Crippen molar-refractivity contribution in [3.63, 3.8) is 0 Å². The smallest absolute Gasteiger partial charge is 0.247 e. The van der Waals surface area contributed by atoms with Crippen molar-refractivity contribution in [1.82, 2.24) is 20.5 Å². The lowest BCUT2D eigenvalue weighted by molar-refractivity contribution is -0.121. The second kappa shape index (κ2) is 7.70. The third-order valence-electron chi connectivity index (χ3n) is 3.32. The number of benzene rings is 1. The number of nitrogens with one attached hydrogen (secondary N) is 1. The Balaban J connectivity index is 1.50. The Kier molecular flexibility index (Phi) is 5.18. The molecule has 2 aromatic heterocycles. The number of aryl methyl sites for hydroxylation is 1. The van der Waals surface area contributed by atoms with Gasteiger partial charge in [0.05, 0.1) is 12.2 Å². The second-order valence-electron chi connectivity index (χ2n) is 5.11. The average Bonchev–Trinajstić information content (AvgIpc) is 3.09. The van der Waals surface area contributed by atoms with Gasteiger partial charge in [-0.1, -0.05) is 17.7 Å². The fraction of sp³-hybridized carbons (Fsp3) is 0.176. The number of hydrogen-bond donors (Lipinski definition) is 1. The predicted molar refractivity (Wildman–Crippen MR) is 89.1 cm³/mol. The normalized spacial score (nSPS) is 10.5. The average molecular weight is 343 g/mol. The molecule has 0 spiro atoms. The summed E-state index contributed by atoms with van der Waals surface area (Å²) < 4.78 is 5.57. The standard InChI is InChI=1S/C17H15ClN4O2/c18-13-6-4-12(5-7-13)17-22-21-16(24-17)9-8-15(23)20-11-14-3-1-2-10-19-14/h1-7,10H,8-9,11H2,(H,20,23). The van der Waals surface area contributed by atoms with E-state index in [1.165, 1.54) is 0 Å². The zero-order chi connectivity index (χ0) is 16.8. The molecule has 7 heteroatoms. The Bertz CT molecular complexity index is 803. The van der Waals surface area contributed by atoms with Crippen molar-refractivity contribution < 1.29 is 9.21 Å². The summed E-state index contributed by atoms with van der Waals surface area (Å²) in [6.45, 7) is 0.402. The molecule has 0 radical (unpaired) electrons. The Labute approximate surface area is 143 Å². The van der Waals surface area contributed by atoms with Gasteiger partial charge in [-0.05, 0) is 36.4 Å². The van der Waals surface area contributed by atoms with E-state index in [1.807, 2.05) is 18.2 Å². The van der Waals surface area contributed by atoms with Crippen LogP contribution in [0.1, 0.15) is 18.0 Å². The lowest BCUT2D eigenvalue weighted by Crippen LogP contribution is -2.23. The van der Waals surface area contributed by atoms with Crippen molar-refractivity contribution in [2.75, 3.05) is 0 Å². The molecule has 0 aliphatic heterocycles. The van der Waals surface area contributed by atoms with Gasteiger partial charge in [0.2, 0.25) is 17.7 Å². The van der Waals surface area contributed by atoms with Gasteiger partial charge in [0.15, 0.2) is 0 Å². The van der Waals surface area contributed by atoms with Crippen molar-refractivity contribution in [3.05, 3.63) is 65.3 Å². The van der Waals surface area contributed by atoms with Crippen LogP contribution in [0, 0.1) is 0 Å². The van der Waals surface area contributed by atoms with Gasteiger partial charge in [0.1, 0.15) is 0 Å². The van der Waals surface area contributed by atoms with E-state index < -0.39 is 0 Å². The van der Waals surface area contributed by atoms with Gasteiger partial charge >= 0.3 is 0 Å². The number of nitrogens with zero attached hydrogens (tertiary/aromatic N) is 3. The molecular weight excluding hydrogens is 328 g/mol. The van der Waals surface area contributed by atoms with E-state index in [-0.39, 0.29) is 12.3 Å². The zero-order valence-electron chi connectivity index (χ0n) is 12.8. The minimum absolute atomic E-state index is 0.0908. The fourth-order valence-corrected chi connectivity index (χ4v) is 2.19. The molecule has 0 aliphatic rings. The summed E-state index contributed by atoms with van der Waals surface area (Å²) in [6, 6.07) is 12.7. The van der Waals surface area contributed by atoms with E-state index in [1.54, 1.807) is 30.5 Å². The summed E-state index contributed by atoms with van der Waals surface area (Å²) in [5.41, 5.74) is 1.60. The van der Waals surface area contributed by atoms with Gasteiger partial charge in [-0.2, -0.15) is 0 Å². The number of aromatic nitrogens is 3. The second-order valence-corrected chi connectivity index (χ2v) is 5.54. The third-order valence-corrected chi connectivity index (χ3v) is 3.57. The van der Waals surface area contributed by atoms with Crippen molar-refractivity contribution in [2.24, 2.45) is 0 Å². The van der Waals surface area contributed by atoms with Gasteiger partial charge in [-0.15, -0.1) is 10.2 Å².